The van der Waals surface area contributed by atoms with Crippen molar-refractivity contribution in [2.24, 2.45) is 5.41 Å². The highest BCUT2D eigenvalue weighted by Crippen LogP contribution is 2.42. The normalized spacial score (nSPS) is 15.9. The maximum absolute atomic E-state index is 12.2. The second kappa shape index (κ2) is 8.99. The quantitative estimate of drug-likeness (QED) is 0.512. The Labute approximate surface area is 179 Å². The number of benzene rings is 2. The van der Waals surface area contributed by atoms with Crippen molar-refractivity contribution in [2.45, 2.75) is 52.9 Å². The van der Waals surface area contributed by atoms with E-state index in [0.717, 1.165) is 43.0 Å². The van der Waals surface area contributed by atoms with Crippen LogP contribution in [0.5, 0.6) is 17.2 Å². The van der Waals surface area contributed by atoms with Gasteiger partial charge in [-0.1, -0.05) is 6.07 Å². The highest BCUT2D eigenvalue weighted by atomic mass is 16.5. The minimum atomic E-state index is -0.517. The van der Waals surface area contributed by atoms with Crippen LogP contribution in [0.15, 0.2) is 30.3 Å². The zero-order valence-corrected chi connectivity index (χ0v) is 18.9. The lowest BCUT2D eigenvalue weighted by atomic mass is 9.79. The summed E-state index contributed by atoms with van der Waals surface area (Å²) in [6, 6.07) is 10.2. The molecule has 0 fully saturated rings. The first-order chi connectivity index (χ1) is 14.3. The first kappa shape index (κ1) is 22.0. The third-order valence-corrected chi connectivity index (χ3v) is 5.59. The molecule has 0 saturated heterocycles. The molecule has 0 saturated carbocycles. The molecule has 0 aliphatic heterocycles. The fraction of sp³-hybridized carbons (Fsp3) is 0.480. The summed E-state index contributed by atoms with van der Waals surface area (Å²) in [6.45, 7) is 8.53. The van der Waals surface area contributed by atoms with Crippen molar-refractivity contribution < 1.29 is 19.0 Å². The molecule has 1 atom stereocenters. The van der Waals surface area contributed by atoms with Gasteiger partial charge in [-0.3, -0.25) is 4.79 Å². The zero-order chi connectivity index (χ0) is 21.9. The van der Waals surface area contributed by atoms with Gasteiger partial charge in [-0.25, -0.2) is 0 Å². The summed E-state index contributed by atoms with van der Waals surface area (Å²) >= 11 is 0. The summed E-state index contributed by atoms with van der Waals surface area (Å²) in [7, 11) is 3.33. The SMILES string of the molecule is CCNc1cc(OC)c(OC)cc1C1CCc2cc(OC(=O)C(C)(C)C)ccc2C1. The molecule has 5 heteroatoms. The van der Waals surface area contributed by atoms with E-state index in [1.807, 2.05) is 39.0 Å². The van der Waals surface area contributed by atoms with E-state index in [1.54, 1.807) is 14.2 Å². The summed E-state index contributed by atoms with van der Waals surface area (Å²) in [5.74, 6) is 2.29. The van der Waals surface area contributed by atoms with Crippen LogP contribution < -0.4 is 19.5 Å². The van der Waals surface area contributed by atoms with E-state index in [9.17, 15) is 4.79 Å². The summed E-state index contributed by atoms with van der Waals surface area (Å²) in [4.78, 5) is 12.2. The maximum Gasteiger partial charge on any atom is 0.316 e. The van der Waals surface area contributed by atoms with Crippen LogP contribution in [0.3, 0.4) is 0 Å². The molecule has 0 radical (unpaired) electrons. The van der Waals surface area contributed by atoms with Gasteiger partial charge in [0.2, 0.25) is 0 Å². The van der Waals surface area contributed by atoms with Gasteiger partial charge in [-0.2, -0.15) is 0 Å². The van der Waals surface area contributed by atoms with Gasteiger partial charge >= 0.3 is 5.97 Å². The Morgan fingerprint density at radius 2 is 1.77 bits per heavy atom. The van der Waals surface area contributed by atoms with Crippen LogP contribution in [0, 0.1) is 5.41 Å². The predicted octanol–water partition coefficient (Wildman–Crippen LogP) is 5.36. The number of fused-ring (bicyclic) bond motifs is 1. The topological polar surface area (TPSA) is 56.8 Å². The van der Waals surface area contributed by atoms with Crippen molar-refractivity contribution in [1.82, 2.24) is 0 Å². The smallest absolute Gasteiger partial charge is 0.316 e. The first-order valence-corrected chi connectivity index (χ1v) is 10.6. The minimum absolute atomic E-state index is 0.211. The highest BCUT2D eigenvalue weighted by Gasteiger charge is 2.26. The Hall–Kier alpha value is -2.69. The van der Waals surface area contributed by atoms with E-state index in [-0.39, 0.29) is 5.97 Å². The third-order valence-electron chi connectivity index (χ3n) is 5.59. The van der Waals surface area contributed by atoms with E-state index < -0.39 is 5.41 Å². The Morgan fingerprint density at radius 3 is 2.40 bits per heavy atom. The van der Waals surface area contributed by atoms with Crippen LogP contribution in [0.2, 0.25) is 0 Å². The molecule has 2 aromatic rings. The number of hydrogen-bond donors (Lipinski definition) is 1. The molecule has 1 N–H and O–H groups in total. The second-order valence-corrected chi connectivity index (χ2v) is 8.83. The van der Waals surface area contributed by atoms with E-state index in [4.69, 9.17) is 14.2 Å². The molecular formula is C25H33NO4. The fourth-order valence-corrected chi connectivity index (χ4v) is 3.90. The Balaban J connectivity index is 1.85. The molecule has 0 spiro atoms. The molecule has 0 bridgehead atoms. The molecule has 3 rings (SSSR count). The van der Waals surface area contributed by atoms with Crippen molar-refractivity contribution in [3.05, 3.63) is 47.0 Å². The molecule has 30 heavy (non-hydrogen) atoms. The molecule has 2 aromatic carbocycles. The maximum atomic E-state index is 12.2. The predicted molar refractivity (Wildman–Crippen MR) is 120 cm³/mol. The molecule has 5 nitrogen and oxygen atoms in total. The van der Waals surface area contributed by atoms with Gasteiger partial charge in [0.25, 0.3) is 0 Å². The third kappa shape index (κ3) is 4.72. The average molecular weight is 412 g/mol. The molecular weight excluding hydrogens is 378 g/mol. The number of nitrogens with one attached hydrogen (secondary N) is 1. The van der Waals surface area contributed by atoms with Gasteiger partial charge in [0.05, 0.1) is 19.6 Å². The van der Waals surface area contributed by atoms with Crippen LogP contribution in [0.25, 0.3) is 0 Å². The zero-order valence-electron chi connectivity index (χ0n) is 18.9. The molecule has 0 aromatic heterocycles. The van der Waals surface area contributed by atoms with E-state index in [0.29, 0.717) is 11.7 Å². The first-order valence-electron chi connectivity index (χ1n) is 10.6. The number of rotatable bonds is 6. The monoisotopic (exact) mass is 411 g/mol. The van der Waals surface area contributed by atoms with E-state index in [2.05, 4.69) is 24.4 Å². The number of ether oxygens (including phenoxy) is 3. The molecule has 1 aliphatic carbocycles. The lowest BCUT2D eigenvalue weighted by Crippen LogP contribution is -2.25. The van der Waals surface area contributed by atoms with Crippen molar-refractivity contribution in [2.75, 3.05) is 26.1 Å². The highest BCUT2D eigenvalue weighted by molar-refractivity contribution is 5.78. The standard InChI is InChI=1S/C25H33NO4/c1-7-26-21-15-23(29-6)22(28-5)14-20(21)18-9-8-17-13-19(11-10-16(17)12-18)30-24(27)25(2,3)4/h10-11,13-15,18,26H,7-9,12H2,1-6H3. The van der Waals surface area contributed by atoms with Crippen molar-refractivity contribution in [1.29, 1.82) is 0 Å². The molecule has 0 heterocycles. The molecule has 1 unspecified atom stereocenters. The van der Waals surface area contributed by atoms with Crippen LogP contribution in [0.4, 0.5) is 5.69 Å². The number of methoxy groups -OCH3 is 2. The van der Waals surface area contributed by atoms with E-state index >= 15 is 0 Å². The van der Waals surface area contributed by atoms with Crippen LogP contribution >= 0.6 is 0 Å². The second-order valence-electron chi connectivity index (χ2n) is 8.83. The number of aryl methyl sites for hydroxylation is 1. The van der Waals surface area contributed by atoms with Gasteiger partial charge in [-0.05, 0) is 87.8 Å². The summed E-state index contributed by atoms with van der Waals surface area (Å²) < 4.78 is 16.6. The molecule has 162 valence electrons. The lowest BCUT2D eigenvalue weighted by molar-refractivity contribution is -0.143. The Morgan fingerprint density at radius 1 is 1.07 bits per heavy atom. The van der Waals surface area contributed by atoms with Gasteiger partial charge < -0.3 is 19.5 Å². The number of carbonyl (C=O) groups is 1. The minimum Gasteiger partial charge on any atom is -0.493 e. The fourth-order valence-electron chi connectivity index (χ4n) is 3.90. The van der Waals surface area contributed by atoms with Crippen molar-refractivity contribution >= 4 is 11.7 Å². The molecule has 1 aliphatic rings. The van der Waals surface area contributed by atoms with Gasteiger partial charge in [-0.15, -0.1) is 0 Å². The van der Waals surface area contributed by atoms with Gasteiger partial charge in [0.1, 0.15) is 5.75 Å². The van der Waals surface area contributed by atoms with Crippen LogP contribution in [-0.4, -0.2) is 26.7 Å². The van der Waals surface area contributed by atoms with Crippen LogP contribution in [-0.2, 0) is 17.6 Å². The number of esters is 1. The average Bonchev–Trinajstić information content (AvgIpc) is 2.72. The van der Waals surface area contributed by atoms with Crippen molar-refractivity contribution in [3.8, 4) is 17.2 Å². The summed E-state index contributed by atoms with van der Waals surface area (Å²) in [6.07, 6.45) is 2.91. The van der Waals surface area contributed by atoms with Gasteiger partial charge in [0.15, 0.2) is 11.5 Å². The summed E-state index contributed by atoms with van der Waals surface area (Å²) in [5.41, 5.74) is 4.40. The van der Waals surface area contributed by atoms with E-state index in [1.165, 1.54) is 16.7 Å². The summed E-state index contributed by atoms with van der Waals surface area (Å²) in [5, 5.41) is 3.48. The van der Waals surface area contributed by atoms with Gasteiger partial charge in [0, 0.05) is 18.3 Å². The number of carbonyl (C=O) groups excluding carboxylic acids is 1. The molecule has 0 amide bonds. The van der Waals surface area contributed by atoms with Crippen molar-refractivity contribution in [3.63, 3.8) is 0 Å². The Kier molecular flexibility index (Phi) is 6.59. The largest absolute Gasteiger partial charge is 0.493 e. The number of hydrogen-bond acceptors (Lipinski definition) is 5. The lowest BCUT2D eigenvalue weighted by Gasteiger charge is -2.28. The van der Waals surface area contributed by atoms with Crippen LogP contribution in [0.1, 0.15) is 56.7 Å². The number of anilines is 1. The Bertz CT molecular complexity index is 914.